The van der Waals surface area contributed by atoms with E-state index in [0.717, 1.165) is 12.1 Å². The second kappa shape index (κ2) is 6.92. The van der Waals surface area contributed by atoms with Crippen LogP contribution in [0, 0.1) is 0 Å². The van der Waals surface area contributed by atoms with Crippen LogP contribution < -0.4 is 10.9 Å². The molecule has 5 rings (SSSR count). The second-order valence-corrected chi connectivity index (χ2v) is 7.16. The molecule has 0 radical (unpaired) electrons. The Labute approximate surface area is 178 Å². The quantitative estimate of drug-likeness (QED) is 0.307. The van der Waals surface area contributed by atoms with Crippen molar-refractivity contribution in [3.05, 3.63) is 81.3 Å². The molecule has 32 heavy (non-hydrogen) atoms. The van der Waals surface area contributed by atoms with Gasteiger partial charge in [0.1, 0.15) is 33.8 Å². The Morgan fingerprint density at radius 2 is 1.53 bits per heavy atom. The predicted molar refractivity (Wildman–Crippen MR) is 116 cm³/mol. The molecule has 0 aliphatic heterocycles. The third kappa shape index (κ3) is 2.93. The normalized spacial score (nSPS) is 11.2. The van der Waals surface area contributed by atoms with Crippen LogP contribution in [0.2, 0.25) is 0 Å². The van der Waals surface area contributed by atoms with Crippen molar-refractivity contribution in [2.75, 3.05) is 0 Å². The van der Waals surface area contributed by atoms with Gasteiger partial charge in [-0.15, -0.1) is 0 Å². The van der Waals surface area contributed by atoms with Crippen LogP contribution in [-0.4, -0.2) is 20.4 Å². The fourth-order valence-electron chi connectivity index (χ4n) is 3.70. The highest BCUT2D eigenvalue weighted by Crippen LogP contribution is 2.44. The molecule has 0 amide bonds. The molecule has 8 heteroatoms. The molecule has 0 aliphatic rings. The van der Waals surface area contributed by atoms with Gasteiger partial charge in [0, 0.05) is 35.4 Å². The molecular weight excluding hydrogens is 416 g/mol. The Morgan fingerprint density at radius 1 is 0.719 bits per heavy atom. The monoisotopic (exact) mass is 430 g/mol. The second-order valence-electron chi connectivity index (χ2n) is 7.16. The SMILES string of the molecule is O=c1ccoc2ccc(-c3c(-c4cc(=O)c5c(O)cc(O)cc5o4)ccc(O)c3O)cc12. The van der Waals surface area contributed by atoms with Gasteiger partial charge in [0.05, 0.1) is 11.6 Å². The lowest BCUT2D eigenvalue weighted by molar-refractivity contribution is 0.405. The zero-order valence-electron chi connectivity index (χ0n) is 16.2. The number of hydrogen-bond acceptors (Lipinski definition) is 8. The van der Waals surface area contributed by atoms with Crippen LogP contribution in [0.25, 0.3) is 44.4 Å². The van der Waals surface area contributed by atoms with Gasteiger partial charge in [-0.25, -0.2) is 0 Å². The van der Waals surface area contributed by atoms with Gasteiger partial charge in [-0.2, -0.15) is 0 Å². The molecule has 4 N–H and O–H groups in total. The summed E-state index contributed by atoms with van der Waals surface area (Å²) in [7, 11) is 0. The standard InChI is InChI=1S/C24H14O8/c25-12-8-17(28)23-18(29)10-20(32-21(23)9-12)13-2-3-16(27)24(30)22(13)11-1-4-19-14(7-11)15(26)5-6-31-19/h1-10,25,27-28,30H. The van der Waals surface area contributed by atoms with Crippen molar-refractivity contribution in [1.29, 1.82) is 0 Å². The third-order valence-corrected chi connectivity index (χ3v) is 5.16. The summed E-state index contributed by atoms with van der Waals surface area (Å²) in [6.07, 6.45) is 1.27. The summed E-state index contributed by atoms with van der Waals surface area (Å²) in [4.78, 5) is 24.9. The molecule has 0 atom stereocenters. The molecule has 8 nitrogen and oxygen atoms in total. The molecule has 0 aliphatic carbocycles. The molecule has 0 bridgehead atoms. The molecule has 0 fully saturated rings. The number of hydrogen-bond donors (Lipinski definition) is 4. The Kier molecular flexibility index (Phi) is 4.16. The van der Waals surface area contributed by atoms with Gasteiger partial charge in [0.2, 0.25) is 0 Å². The summed E-state index contributed by atoms with van der Waals surface area (Å²) < 4.78 is 11.1. The van der Waals surface area contributed by atoms with Crippen LogP contribution in [0.3, 0.4) is 0 Å². The molecule has 3 aromatic carbocycles. The first kappa shape index (κ1) is 19.3. The van der Waals surface area contributed by atoms with Gasteiger partial charge >= 0.3 is 0 Å². The Hall–Kier alpha value is -4.72. The Bertz CT molecular complexity index is 1660. The van der Waals surface area contributed by atoms with Crippen molar-refractivity contribution in [2.45, 2.75) is 0 Å². The van der Waals surface area contributed by atoms with Crippen LogP contribution in [0.15, 0.2) is 79.3 Å². The molecule has 158 valence electrons. The van der Waals surface area contributed by atoms with Gasteiger partial charge in [0.25, 0.3) is 0 Å². The van der Waals surface area contributed by atoms with Crippen molar-refractivity contribution in [1.82, 2.24) is 0 Å². The minimum absolute atomic E-state index is 0.0120. The van der Waals surface area contributed by atoms with Crippen LogP contribution in [0.4, 0.5) is 0 Å². The van der Waals surface area contributed by atoms with E-state index in [1.807, 2.05) is 0 Å². The third-order valence-electron chi connectivity index (χ3n) is 5.16. The summed E-state index contributed by atoms with van der Waals surface area (Å²) in [5.74, 6) is -1.62. The largest absolute Gasteiger partial charge is 0.508 e. The highest BCUT2D eigenvalue weighted by atomic mass is 16.3. The maximum absolute atomic E-state index is 12.7. The average Bonchev–Trinajstić information content (AvgIpc) is 2.75. The van der Waals surface area contributed by atoms with E-state index in [0.29, 0.717) is 11.1 Å². The average molecular weight is 430 g/mol. The summed E-state index contributed by atoms with van der Waals surface area (Å²) >= 11 is 0. The summed E-state index contributed by atoms with van der Waals surface area (Å²) in [5.41, 5.74) is 0.118. The molecule has 5 aromatic rings. The highest BCUT2D eigenvalue weighted by Gasteiger charge is 2.20. The van der Waals surface area contributed by atoms with Gasteiger partial charge < -0.3 is 29.3 Å². The van der Waals surface area contributed by atoms with Crippen LogP contribution in [0.1, 0.15) is 0 Å². The van der Waals surface area contributed by atoms with E-state index < -0.39 is 22.7 Å². The van der Waals surface area contributed by atoms with E-state index in [4.69, 9.17) is 8.83 Å². The molecular formula is C24H14O8. The summed E-state index contributed by atoms with van der Waals surface area (Å²) in [6.45, 7) is 0. The Morgan fingerprint density at radius 3 is 2.34 bits per heavy atom. The highest BCUT2D eigenvalue weighted by molar-refractivity contribution is 5.93. The minimum atomic E-state index is -0.573. The number of rotatable bonds is 2. The molecule has 2 aromatic heterocycles. The fourth-order valence-corrected chi connectivity index (χ4v) is 3.70. The predicted octanol–water partition coefficient (Wildman–Crippen LogP) is 4.06. The van der Waals surface area contributed by atoms with Crippen molar-refractivity contribution in [3.8, 4) is 45.4 Å². The van der Waals surface area contributed by atoms with Crippen LogP contribution in [0.5, 0.6) is 23.0 Å². The topological polar surface area (TPSA) is 141 Å². The lowest BCUT2D eigenvalue weighted by atomic mass is 9.95. The van der Waals surface area contributed by atoms with E-state index in [1.54, 1.807) is 12.1 Å². The van der Waals surface area contributed by atoms with Gasteiger partial charge in [-0.3, -0.25) is 9.59 Å². The molecule has 2 heterocycles. The smallest absolute Gasteiger partial charge is 0.197 e. The van der Waals surface area contributed by atoms with Gasteiger partial charge in [-0.05, 0) is 29.8 Å². The van der Waals surface area contributed by atoms with E-state index in [2.05, 4.69) is 0 Å². The van der Waals surface area contributed by atoms with Crippen LogP contribution >= 0.6 is 0 Å². The molecule has 0 spiro atoms. The number of benzene rings is 3. The summed E-state index contributed by atoms with van der Waals surface area (Å²) in [6, 6.07) is 11.9. The maximum Gasteiger partial charge on any atom is 0.197 e. The number of phenolic OH excluding ortho intramolecular Hbond substituents is 4. The number of fused-ring (bicyclic) bond motifs is 2. The van der Waals surface area contributed by atoms with E-state index in [9.17, 15) is 30.0 Å². The van der Waals surface area contributed by atoms with Crippen molar-refractivity contribution < 1.29 is 29.3 Å². The lowest BCUT2D eigenvalue weighted by Crippen LogP contribution is -2.01. The van der Waals surface area contributed by atoms with E-state index in [-0.39, 0.29) is 44.4 Å². The zero-order chi connectivity index (χ0) is 22.6. The molecule has 0 saturated heterocycles. The first-order chi connectivity index (χ1) is 15.3. The van der Waals surface area contributed by atoms with E-state index in [1.165, 1.54) is 36.6 Å². The fraction of sp³-hybridized carbons (Fsp3) is 0. The number of phenols is 4. The summed E-state index contributed by atoms with van der Waals surface area (Å²) in [5, 5.41) is 40.7. The molecule has 0 unspecified atom stereocenters. The zero-order valence-corrected chi connectivity index (χ0v) is 16.2. The van der Waals surface area contributed by atoms with Crippen molar-refractivity contribution >= 4 is 21.9 Å². The lowest BCUT2D eigenvalue weighted by Gasteiger charge is -2.14. The minimum Gasteiger partial charge on any atom is -0.508 e. The van der Waals surface area contributed by atoms with Crippen molar-refractivity contribution in [3.63, 3.8) is 0 Å². The first-order valence-corrected chi connectivity index (χ1v) is 9.40. The van der Waals surface area contributed by atoms with Gasteiger partial charge in [-0.1, -0.05) is 6.07 Å². The first-order valence-electron chi connectivity index (χ1n) is 9.40. The molecule has 0 saturated carbocycles. The van der Waals surface area contributed by atoms with Crippen LogP contribution in [-0.2, 0) is 0 Å². The number of aromatic hydroxyl groups is 4. The maximum atomic E-state index is 12.7. The van der Waals surface area contributed by atoms with E-state index >= 15 is 0 Å². The Balaban J connectivity index is 1.83. The van der Waals surface area contributed by atoms with Crippen molar-refractivity contribution in [2.24, 2.45) is 0 Å². The van der Waals surface area contributed by atoms with Gasteiger partial charge in [0.15, 0.2) is 22.4 Å².